The molecule has 0 radical (unpaired) electrons. The van der Waals surface area contributed by atoms with E-state index in [4.69, 9.17) is 5.11 Å². The summed E-state index contributed by atoms with van der Waals surface area (Å²) in [6.07, 6.45) is 1.24. The lowest BCUT2D eigenvalue weighted by Gasteiger charge is -2.26. The van der Waals surface area contributed by atoms with E-state index in [0.29, 0.717) is 18.8 Å². The van der Waals surface area contributed by atoms with Crippen molar-refractivity contribution in [2.24, 2.45) is 0 Å². The first-order valence-electron chi connectivity index (χ1n) is 9.73. The molecule has 3 nitrogen and oxygen atoms in total. The van der Waals surface area contributed by atoms with Crippen molar-refractivity contribution in [3.63, 3.8) is 0 Å². The molecule has 0 saturated carbocycles. The summed E-state index contributed by atoms with van der Waals surface area (Å²) in [5.74, 6) is -2.76. The van der Waals surface area contributed by atoms with E-state index in [9.17, 15) is 13.6 Å². The van der Waals surface area contributed by atoms with E-state index >= 15 is 0 Å². The molecule has 1 N–H and O–H groups in total. The third-order valence-electron chi connectivity index (χ3n) is 4.84. The van der Waals surface area contributed by atoms with Crippen molar-refractivity contribution >= 4 is 17.7 Å². The Labute approximate surface area is 174 Å². The predicted molar refractivity (Wildman–Crippen MR) is 115 cm³/mol. The minimum atomic E-state index is -1.19. The predicted octanol–water partition coefficient (Wildman–Crippen LogP) is 6.05. The SMILES string of the molecule is CC/C(=C\c1c(F)cc(N(Cc2ccccc2)Cc2ccccc2)cc1F)C(=O)O. The van der Waals surface area contributed by atoms with Gasteiger partial charge in [0.1, 0.15) is 11.6 Å². The standard InChI is InChI=1S/C25H23F2NO2/c1-2-20(25(29)30)13-22-23(26)14-21(15-24(22)27)28(16-18-9-5-3-6-10-18)17-19-11-7-4-8-12-19/h3-15H,2,16-17H2,1H3,(H,29,30)/b20-13+. The van der Waals surface area contributed by atoms with Gasteiger partial charge in [-0.15, -0.1) is 0 Å². The number of carboxylic acids is 1. The lowest BCUT2D eigenvalue weighted by atomic mass is 10.1. The van der Waals surface area contributed by atoms with Crippen molar-refractivity contribution in [3.05, 3.63) is 107 Å². The van der Waals surface area contributed by atoms with Crippen LogP contribution in [0.3, 0.4) is 0 Å². The number of anilines is 1. The summed E-state index contributed by atoms with van der Waals surface area (Å²) in [5.41, 5.74) is 2.03. The Balaban J connectivity index is 1.99. The second-order valence-electron chi connectivity index (χ2n) is 6.98. The van der Waals surface area contributed by atoms with Crippen molar-refractivity contribution < 1.29 is 18.7 Å². The molecule has 0 aliphatic heterocycles. The quantitative estimate of drug-likeness (QED) is 0.462. The normalized spacial score (nSPS) is 11.4. The smallest absolute Gasteiger partial charge is 0.331 e. The topological polar surface area (TPSA) is 40.5 Å². The zero-order valence-electron chi connectivity index (χ0n) is 16.7. The largest absolute Gasteiger partial charge is 0.478 e. The molecule has 0 spiro atoms. The molecule has 0 unspecified atom stereocenters. The first-order valence-corrected chi connectivity index (χ1v) is 9.73. The molecular weight excluding hydrogens is 384 g/mol. The molecule has 0 aromatic heterocycles. The molecule has 0 amide bonds. The van der Waals surface area contributed by atoms with Gasteiger partial charge in [0.25, 0.3) is 0 Å². The zero-order chi connectivity index (χ0) is 21.5. The van der Waals surface area contributed by atoms with E-state index in [1.54, 1.807) is 6.92 Å². The van der Waals surface area contributed by atoms with E-state index < -0.39 is 17.6 Å². The number of hydrogen-bond donors (Lipinski definition) is 1. The van der Waals surface area contributed by atoms with Gasteiger partial charge >= 0.3 is 5.97 Å². The molecular formula is C25H23F2NO2. The summed E-state index contributed by atoms with van der Waals surface area (Å²) in [7, 11) is 0. The van der Waals surface area contributed by atoms with Crippen LogP contribution in [0.5, 0.6) is 0 Å². The van der Waals surface area contributed by atoms with Gasteiger partial charge in [0.05, 0.1) is 0 Å². The van der Waals surface area contributed by atoms with Crippen molar-refractivity contribution in [1.82, 2.24) is 0 Å². The number of benzene rings is 3. The van der Waals surface area contributed by atoms with Crippen LogP contribution in [0.2, 0.25) is 0 Å². The van der Waals surface area contributed by atoms with E-state index in [0.717, 1.165) is 17.2 Å². The fourth-order valence-corrected chi connectivity index (χ4v) is 3.23. The summed E-state index contributed by atoms with van der Waals surface area (Å²) in [6.45, 7) is 2.57. The van der Waals surface area contributed by atoms with Crippen LogP contribution in [0.1, 0.15) is 30.0 Å². The lowest BCUT2D eigenvalue weighted by molar-refractivity contribution is -0.132. The Hall–Kier alpha value is -3.47. The van der Waals surface area contributed by atoms with Crippen LogP contribution in [0, 0.1) is 11.6 Å². The van der Waals surface area contributed by atoms with Gasteiger partial charge in [-0.2, -0.15) is 0 Å². The maximum absolute atomic E-state index is 14.8. The highest BCUT2D eigenvalue weighted by Crippen LogP contribution is 2.27. The van der Waals surface area contributed by atoms with Crippen molar-refractivity contribution in [3.8, 4) is 0 Å². The average Bonchev–Trinajstić information content (AvgIpc) is 2.74. The Morgan fingerprint density at radius 2 is 1.37 bits per heavy atom. The van der Waals surface area contributed by atoms with Gasteiger partial charge in [0.2, 0.25) is 0 Å². The van der Waals surface area contributed by atoms with Crippen LogP contribution in [0.25, 0.3) is 6.08 Å². The van der Waals surface area contributed by atoms with E-state index in [-0.39, 0.29) is 17.6 Å². The molecule has 30 heavy (non-hydrogen) atoms. The number of halogens is 2. The molecule has 0 saturated heterocycles. The highest BCUT2D eigenvalue weighted by Gasteiger charge is 2.16. The zero-order valence-corrected chi connectivity index (χ0v) is 16.7. The second-order valence-corrected chi connectivity index (χ2v) is 6.98. The van der Waals surface area contributed by atoms with E-state index in [2.05, 4.69) is 0 Å². The molecule has 0 fully saturated rings. The Morgan fingerprint density at radius 3 is 1.77 bits per heavy atom. The van der Waals surface area contributed by atoms with Gasteiger partial charge in [-0.1, -0.05) is 67.6 Å². The molecule has 3 rings (SSSR count). The minimum absolute atomic E-state index is 0.0500. The number of carbonyl (C=O) groups is 1. The third kappa shape index (κ3) is 5.32. The van der Waals surface area contributed by atoms with Crippen LogP contribution >= 0.6 is 0 Å². The van der Waals surface area contributed by atoms with Crippen LogP contribution in [0.4, 0.5) is 14.5 Å². The van der Waals surface area contributed by atoms with Crippen LogP contribution < -0.4 is 4.90 Å². The van der Waals surface area contributed by atoms with Gasteiger partial charge in [0.15, 0.2) is 0 Å². The van der Waals surface area contributed by atoms with Gasteiger partial charge < -0.3 is 10.0 Å². The monoisotopic (exact) mass is 407 g/mol. The molecule has 3 aromatic carbocycles. The maximum Gasteiger partial charge on any atom is 0.331 e. The molecule has 3 aromatic rings. The summed E-state index contributed by atoms with van der Waals surface area (Å²) in [4.78, 5) is 13.1. The molecule has 0 aliphatic rings. The van der Waals surface area contributed by atoms with Crippen molar-refractivity contribution in [1.29, 1.82) is 0 Å². The first-order chi connectivity index (χ1) is 14.5. The molecule has 0 atom stereocenters. The second kappa shape index (κ2) is 9.83. The third-order valence-corrected chi connectivity index (χ3v) is 4.84. The molecule has 154 valence electrons. The number of aliphatic carboxylic acids is 1. The molecule has 5 heteroatoms. The number of nitrogens with zero attached hydrogens (tertiary/aromatic N) is 1. The van der Waals surface area contributed by atoms with Crippen LogP contribution in [0.15, 0.2) is 78.4 Å². The van der Waals surface area contributed by atoms with E-state index in [1.807, 2.05) is 65.6 Å². The van der Waals surface area contributed by atoms with Crippen LogP contribution in [-0.4, -0.2) is 11.1 Å². The maximum atomic E-state index is 14.8. The molecule has 0 aliphatic carbocycles. The van der Waals surface area contributed by atoms with Crippen LogP contribution in [-0.2, 0) is 17.9 Å². The Bertz CT molecular complexity index is 969. The highest BCUT2D eigenvalue weighted by molar-refractivity contribution is 5.92. The van der Waals surface area contributed by atoms with Gasteiger partial charge in [-0.25, -0.2) is 13.6 Å². The summed E-state index contributed by atoms with van der Waals surface area (Å²) < 4.78 is 29.6. The first kappa shape index (κ1) is 21.2. The summed E-state index contributed by atoms with van der Waals surface area (Å²) in [6, 6.07) is 21.9. The summed E-state index contributed by atoms with van der Waals surface area (Å²) in [5, 5.41) is 9.17. The van der Waals surface area contributed by atoms with E-state index in [1.165, 1.54) is 12.1 Å². The Morgan fingerprint density at radius 1 is 0.900 bits per heavy atom. The molecule has 0 bridgehead atoms. The fourth-order valence-electron chi connectivity index (χ4n) is 3.23. The molecule has 0 heterocycles. The fraction of sp³-hybridized carbons (Fsp3) is 0.160. The Kier molecular flexibility index (Phi) is 6.96. The van der Waals surface area contributed by atoms with Gasteiger partial charge in [0, 0.05) is 29.9 Å². The summed E-state index contributed by atoms with van der Waals surface area (Å²) >= 11 is 0. The number of rotatable bonds is 8. The number of carboxylic acid groups (broad SMARTS) is 1. The average molecular weight is 407 g/mol. The van der Waals surface area contributed by atoms with Gasteiger partial charge in [-0.05, 0) is 35.8 Å². The van der Waals surface area contributed by atoms with Crippen molar-refractivity contribution in [2.75, 3.05) is 4.90 Å². The number of hydrogen-bond acceptors (Lipinski definition) is 2. The highest BCUT2D eigenvalue weighted by atomic mass is 19.1. The minimum Gasteiger partial charge on any atom is -0.478 e. The lowest BCUT2D eigenvalue weighted by Crippen LogP contribution is -2.22. The van der Waals surface area contributed by atoms with Crippen molar-refractivity contribution in [2.45, 2.75) is 26.4 Å². The van der Waals surface area contributed by atoms with Gasteiger partial charge in [-0.3, -0.25) is 0 Å².